The van der Waals surface area contributed by atoms with Crippen LogP contribution in [0.5, 0.6) is 5.75 Å². The highest BCUT2D eigenvalue weighted by Crippen LogP contribution is 2.35. The Morgan fingerprint density at radius 3 is 2.10 bits per heavy atom. The van der Waals surface area contributed by atoms with E-state index in [1.54, 1.807) is 6.21 Å². The lowest BCUT2D eigenvalue weighted by Gasteiger charge is -2.30. The van der Waals surface area contributed by atoms with Crippen LogP contribution in [0.15, 0.2) is 68.6 Å². The SMILES string of the molecule is Brc1cc(/C=N/Nc2nc(N3CCOCC3)nc(N3CCOCC3)n2)cc(Br)c1OCc1cccc2ccccc12. The largest absolute Gasteiger partial charge is 0.487 e. The van der Waals surface area contributed by atoms with Gasteiger partial charge in [-0.3, -0.25) is 0 Å². The molecule has 3 aromatic carbocycles. The smallest absolute Gasteiger partial charge is 0.250 e. The Hall–Kier alpha value is -3.32. The summed E-state index contributed by atoms with van der Waals surface area (Å²) < 4.78 is 18.9. The first-order chi connectivity index (χ1) is 20.1. The quantitative estimate of drug-likeness (QED) is 0.198. The summed E-state index contributed by atoms with van der Waals surface area (Å²) in [6, 6.07) is 18.5. The Bertz CT molecular complexity index is 1480. The number of halogens is 2. The second-order valence-electron chi connectivity index (χ2n) is 9.57. The van der Waals surface area contributed by atoms with E-state index in [9.17, 15) is 0 Å². The summed E-state index contributed by atoms with van der Waals surface area (Å²) in [7, 11) is 0. The number of hydrogen-bond acceptors (Lipinski definition) is 10. The predicted molar refractivity (Wildman–Crippen MR) is 167 cm³/mol. The van der Waals surface area contributed by atoms with Gasteiger partial charge in [0.2, 0.25) is 17.8 Å². The van der Waals surface area contributed by atoms with Gasteiger partial charge in [0.25, 0.3) is 0 Å². The summed E-state index contributed by atoms with van der Waals surface area (Å²) in [6.45, 7) is 5.94. The minimum atomic E-state index is 0.382. The number of anilines is 3. The number of morpholine rings is 2. The van der Waals surface area contributed by atoms with Crippen molar-refractivity contribution in [3.8, 4) is 5.75 Å². The highest BCUT2D eigenvalue weighted by molar-refractivity contribution is 9.11. The third-order valence-electron chi connectivity index (χ3n) is 6.85. The van der Waals surface area contributed by atoms with Gasteiger partial charge in [-0.15, -0.1) is 0 Å². The molecule has 1 N–H and O–H groups in total. The van der Waals surface area contributed by atoms with E-state index >= 15 is 0 Å². The van der Waals surface area contributed by atoms with Crippen LogP contribution in [0.2, 0.25) is 0 Å². The van der Waals surface area contributed by atoms with Gasteiger partial charge in [-0.05, 0) is 65.9 Å². The van der Waals surface area contributed by atoms with E-state index in [1.807, 2.05) is 24.3 Å². The van der Waals surface area contributed by atoms with Crippen molar-refractivity contribution in [2.75, 3.05) is 67.8 Å². The van der Waals surface area contributed by atoms with Crippen molar-refractivity contribution in [3.05, 3.63) is 74.7 Å². The molecule has 10 nitrogen and oxygen atoms in total. The first-order valence-electron chi connectivity index (χ1n) is 13.4. The average Bonchev–Trinajstić information content (AvgIpc) is 3.01. The van der Waals surface area contributed by atoms with Gasteiger partial charge < -0.3 is 24.0 Å². The standard InChI is InChI=1S/C29H29Br2N7O3/c30-24-16-20(17-25(31)26(24)41-19-22-6-3-5-21-4-1-2-7-23(21)22)18-32-36-27-33-28(37-8-12-39-13-9-37)35-29(34-27)38-10-14-40-15-11-38/h1-7,16-18H,8-15,19H2,(H,33,34,35,36)/b32-18+. The fourth-order valence-corrected chi connectivity index (χ4v) is 6.19. The summed E-state index contributed by atoms with van der Waals surface area (Å²) in [5.41, 5.74) is 4.99. The highest BCUT2D eigenvalue weighted by Gasteiger charge is 2.20. The second kappa shape index (κ2) is 13.1. The van der Waals surface area contributed by atoms with Crippen molar-refractivity contribution >= 4 is 66.7 Å². The maximum atomic E-state index is 6.22. The van der Waals surface area contributed by atoms with Crippen LogP contribution in [-0.4, -0.2) is 73.8 Å². The van der Waals surface area contributed by atoms with Crippen LogP contribution >= 0.6 is 31.9 Å². The van der Waals surface area contributed by atoms with Gasteiger partial charge in [-0.2, -0.15) is 20.1 Å². The Morgan fingerprint density at radius 2 is 1.44 bits per heavy atom. The Labute approximate surface area is 255 Å². The first kappa shape index (κ1) is 27.8. The molecular weight excluding hydrogens is 654 g/mol. The molecule has 0 atom stereocenters. The molecule has 1 aromatic heterocycles. The van der Waals surface area contributed by atoms with E-state index in [0.717, 1.165) is 52.0 Å². The fourth-order valence-electron chi connectivity index (χ4n) is 4.74. The number of fused-ring (bicyclic) bond motifs is 1. The van der Waals surface area contributed by atoms with Crippen LogP contribution in [0.3, 0.4) is 0 Å². The number of benzene rings is 3. The predicted octanol–water partition coefficient (Wildman–Crippen LogP) is 5.25. The van der Waals surface area contributed by atoms with E-state index in [4.69, 9.17) is 19.2 Å². The summed E-state index contributed by atoms with van der Waals surface area (Å²) in [4.78, 5) is 18.2. The molecule has 0 bridgehead atoms. The summed E-state index contributed by atoms with van der Waals surface area (Å²) >= 11 is 7.33. The number of hydrogen-bond donors (Lipinski definition) is 1. The minimum absolute atomic E-state index is 0.382. The van der Waals surface area contributed by atoms with Crippen LogP contribution < -0.4 is 20.0 Å². The monoisotopic (exact) mass is 681 g/mol. The van der Waals surface area contributed by atoms with E-state index < -0.39 is 0 Å². The van der Waals surface area contributed by atoms with Crippen LogP contribution in [0.25, 0.3) is 10.8 Å². The van der Waals surface area contributed by atoms with E-state index in [2.05, 4.69) is 92.5 Å². The maximum Gasteiger partial charge on any atom is 0.250 e. The zero-order valence-corrected chi connectivity index (χ0v) is 25.5. The number of ether oxygens (including phenoxy) is 3. The van der Waals surface area contributed by atoms with Crippen molar-refractivity contribution in [1.29, 1.82) is 0 Å². The molecule has 0 aliphatic carbocycles. The molecular formula is C29H29Br2N7O3. The van der Waals surface area contributed by atoms with Crippen molar-refractivity contribution in [1.82, 2.24) is 15.0 Å². The number of hydrazone groups is 1. The van der Waals surface area contributed by atoms with Gasteiger partial charge in [0.15, 0.2) is 0 Å². The molecule has 41 heavy (non-hydrogen) atoms. The van der Waals surface area contributed by atoms with Crippen molar-refractivity contribution in [2.24, 2.45) is 5.10 Å². The van der Waals surface area contributed by atoms with Crippen LogP contribution in [0, 0.1) is 0 Å². The molecule has 0 saturated carbocycles. The first-order valence-corrected chi connectivity index (χ1v) is 15.0. The topological polar surface area (TPSA) is 97.2 Å². The van der Waals surface area contributed by atoms with Crippen molar-refractivity contribution in [3.63, 3.8) is 0 Å². The molecule has 212 valence electrons. The van der Waals surface area contributed by atoms with Gasteiger partial charge >= 0.3 is 0 Å². The molecule has 0 amide bonds. The number of nitrogens with one attached hydrogen (secondary N) is 1. The molecule has 0 radical (unpaired) electrons. The van der Waals surface area contributed by atoms with Gasteiger partial charge in [0, 0.05) is 26.2 Å². The number of nitrogens with zero attached hydrogens (tertiary/aromatic N) is 6. The van der Waals surface area contributed by atoms with Crippen molar-refractivity contribution < 1.29 is 14.2 Å². The van der Waals surface area contributed by atoms with Gasteiger partial charge in [-0.25, -0.2) is 5.43 Å². The summed E-state index contributed by atoms with van der Waals surface area (Å²) in [5, 5.41) is 6.80. The summed E-state index contributed by atoms with van der Waals surface area (Å²) in [6.07, 6.45) is 1.72. The second-order valence-corrected chi connectivity index (χ2v) is 11.3. The van der Waals surface area contributed by atoms with Crippen molar-refractivity contribution in [2.45, 2.75) is 6.61 Å². The van der Waals surface area contributed by atoms with Crippen LogP contribution in [0.1, 0.15) is 11.1 Å². The molecule has 4 aromatic rings. The number of aromatic nitrogens is 3. The molecule has 2 aliphatic rings. The zero-order valence-electron chi connectivity index (χ0n) is 22.3. The fraction of sp³-hybridized carbons (Fsp3) is 0.310. The molecule has 3 heterocycles. The third-order valence-corrected chi connectivity index (χ3v) is 8.03. The van der Waals surface area contributed by atoms with Gasteiger partial charge in [0.05, 0.1) is 41.6 Å². The highest BCUT2D eigenvalue weighted by atomic mass is 79.9. The van der Waals surface area contributed by atoms with E-state index in [0.29, 0.717) is 50.9 Å². The lowest BCUT2D eigenvalue weighted by atomic mass is 10.1. The molecule has 2 fully saturated rings. The zero-order chi connectivity index (χ0) is 28.0. The minimum Gasteiger partial charge on any atom is -0.487 e. The average molecular weight is 683 g/mol. The maximum absolute atomic E-state index is 6.22. The molecule has 6 rings (SSSR count). The molecule has 0 spiro atoms. The van der Waals surface area contributed by atoms with E-state index in [1.165, 1.54) is 10.8 Å². The van der Waals surface area contributed by atoms with Gasteiger partial charge in [-0.1, -0.05) is 42.5 Å². The molecule has 12 heteroatoms. The molecule has 0 unspecified atom stereocenters. The van der Waals surface area contributed by atoms with E-state index in [-0.39, 0.29) is 0 Å². The summed E-state index contributed by atoms with van der Waals surface area (Å²) in [5.74, 6) is 2.33. The van der Waals surface area contributed by atoms with Crippen LogP contribution in [0.4, 0.5) is 17.8 Å². The Balaban J connectivity index is 1.16. The van der Waals surface area contributed by atoms with Crippen LogP contribution in [-0.2, 0) is 16.1 Å². The number of rotatable bonds is 8. The van der Waals surface area contributed by atoms with Gasteiger partial charge in [0.1, 0.15) is 12.4 Å². The normalized spacial score (nSPS) is 16.0. The molecule has 2 saturated heterocycles. The third kappa shape index (κ3) is 6.78. The Kier molecular flexibility index (Phi) is 8.90. The lowest BCUT2D eigenvalue weighted by Crippen LogP contribution is -2.40. The lowest BCUT2D eigenvalue weighted by molar-refractivity contribution is 0.121. The molecule has 2 aliphatic heterocycles. The Morgan fingerprint density at radius 1 is 0.829 bits per heavy atom.